The molecule has 31 heavy (non-hydrogen) atoms. The number of carbonyl (C=O) groups is 1. The van der Waals surface area contributed by atoms with E-state index >= 15 is 0 Å². The molecule has 1 N–H and O–H groups in total. The van der Waals surface area contributed by atoms with Crippen LogP contribution < -0.4 is 14.4 Å². The summed E-state index contributed by atoms with van der Waals surface area (Å²) in [5.74, 6) is 0.390. The normalized spacial score (nSPS) is 12.1. The average Bonchev–Trinajstić information content (AvgIpc) is 2.74. The van der Waals surface area contributed by atoms with Gasteiger partial charge in [0.2, 0.25) is 5.91 Å². The molecule has 0 radical (unpaired) electrons. The number of nitrogens with one attached hydrogen (secondary N) is 1. The summed E-state index contributed by atoms with van der Waals surface area (Å²) in [7, 11) is -2.39. The van der Waals surface area contributed by atoms with Crippen LogP contribution in [0.4, 0.5) is 11.4 Å². The second-order valence-corrected chi connectivity index (χ2v) is 9.19. The van der Waals surface area contributed by atoms with Crippen molar-refractivity contribution in [2.24, 2.45) is 0 Å². The standard InChI is InChI=1S/C23H23ClN2O4S/c1-16(18-5-4-6-19(24)15-18)26(21-9-11-22(30-3)12-10-21)31(28,29)23-13-7-20(8-14-23)25-17(2)27/h4-16H,1-3H3,(H,25,27). The molecule has 3 aromatic rings. The van der Waals surface area contributed by atoms with Crippen LogP contribution in [0.3, 0.4) is 0 Å². The Morgan fingerprint density at radius 1 is 1.03 bits per heavy atom. The van der Waals surface area contributed by atoms with Gasteiger partial charge in [-0.05, 0) is 73.2 Å². The Morgan fingerprint density at radius 2 is 1.68 bits per heavy atom. The molecule has 0 aliphatic carbocycles. The van der Waals surface area contributed by atoms with Crippen molar-refractivity contribution < 1.29 is 17.9 Å². The Kier molecular flexibility index (Phi) is 6.87. The third-order valence-electron chi connectivity index (χ3n) is 4.74. The van der Waals surface area contributed by atoms with Crippen LogP contribution in [-0.2, 0) is 14.8 Å². The van der Waals surface area contributed by atoms with Crippen LogP contribution >= 0.6 is 11.6 Å². The smallest absolute Gasteiger partial charge is 0.264 e. The number of hydrogen-bond acceptors (Lipinski definition) is 4. The lowest BCUT2D eigenvalue weighted by atomic mass is 10.1. The predicted octanol–water partition coefficient (Wildman–Crippen LogP) is 5.26. The zero-order chi connectivity index (χ0) is 22.6. The fraction of sp³-hybridized carbons (Fsp3) is 0.174. The highest BCUT2D eigenvalue weighted by Gasteiger charge is 2.30. The summed E-state index contributed by atoms with van der Waals surface area (Å²) >= 11 is 6.15. The van der Waals surface area contributed by atoms with Gasteiger partial charge in [-0.3, -0.25) is 9.10 Å². The molecule has 0 fully saturated rings. The molecule has 0 aliphatic rings. The Balaban J connectivity index is 2.08. The highest BCUT2D eigenvalue weighted by atomic mass is 35.5. The molecule has 1 unspecified atom stereocenters. The van der Waals surface area contributed by atoms with Crippen LogP contribution in [-0.4, -0.2) is 21.4 Å². The first kappa shape index (κ1) is 22.7. The van der Waals surface area contributed by atoms with Gasteiger partial charge in [-0.1, -0.05) is 23.7 Å². The van der Waals surface area contributed by atoms with Gasteiger partial charge >= 0.3 is 0 Å². The van der Waals surface area contributed by atoms with Crippen molar-refractivity contribution in [3.63, 3.8) is 0 Å². The van der Waals surface area contributed by atoms with Crippen molar-refractivity contribution in [2.75, 3.05) is 16.7 Å². The number of rotatable bonds is 7. The molecule has 0 spiro atoms. The van der Waals surface area contributed by atoms with Crippen molar-refractivity contribution in [3.05, 3.63) is 83.4 Å². The molecule has 3 aromatic carbocycles. The van der Waals surface area contributed by atoms with Gasteiger partial charge in [0.15, 0.2) is 0 Å². The number of anilines is 2. The van der Waals surface area contributed by atoms with Gasteiger partial charge in [-0.15, -0.1) is 0 Å². The van der Waals surface area contributed by atoms with Crippen molar-refractivity contribution in [1.82, 2.24) is 0 Å². The molecule has 0 heterocycles. The summed E-state index contributed by atoms with van der Waals surface area (Å²) in [6.45, 7) is 3.20. The van der Waals surface area contributed by atoms with Gasteiger partial charge in [-0.25, -0.2) is 8.42 Å². The number of sulfonamides is 1. The maximum Gasteiger partial charge on any atom is 0.264 e. The number of amides is 1. The predicted molar refractivity (Wildman–Crippen MR) is 123 cm³/mol. The lowest BCUT2D eigenvalue weighted by Gasteiger charge is -2.31. The highest BCUT2D eigenvalue weighted by Crippen LogP contribution is 2.35. The fourth-order valence-corrected chi connectivity index (χ4v) is 5.07. The minimum absolute atomic E-state index is 0.103. The quantitative estimate of drug-likeness (QED) is 0.523. The first-order valence-electron chi connectivity index (χ1n) is 9.54. The summed E-state index contributed by atoms with van der Waals surface area (Å²) in [6.07, 6.45) is 0. The number of methoxy groups -OCH3 is 1. The molecule has 0 aliphatic heterocycles. The summed E-state index contributed by atoms with van der Waals surface area (Å²) in [5.41, 5.74) is 1.76. The summed E-state index contributed by atoms with van der Waals surface area (Å²) < 4.78 is 33.9. The monoisotopic (exact) mass is 458 g/mol. The van der Waals surface area contributed by atoms with Crippen molar-refractivity contribution in [1.29, 1.82) is 0 Å². The molecule has 3 rings (SSSR count). The molecule has 1 amide bonds. The molecule has 0 bridgehead atoms. The van der Waals surface area contributed by atoms with Crippen molar-refractivity contribution in [3.8, 4) is 5.75 Å². The third kappa shape index (κ3) is 5.18. The molecule has 0 aromatic heterocycles. The zero-order valence-corrected chi connectivity index (χ0v) is 18.9. The van der Waals surface area contributed by atoms with E-state index < -0.39 is 16.1 Å². The van der Waals surface area contributed by atoms with Gasteiger partial charge < -0.3 is 10.1 Å². The van der Waals surface area contributed by atoms with E-state index in [9.17, 15) is 13.2 Å². The second-order valence-electron chi connectivity index (χ2n) is 6.94. The van der Waals surface area contributed by atoms with E-state index in [0.29, 0.717) is 22.1 Å². The summed E-state index contributed by atoms with van der Waals surface area (Å²) in [6, 6.07) is 19.5. The van der Waals surface area contributed by atoms with Crippen LogP contribution in [0.5, 0.6) is 5.75 Å². The van der Waals surface area contributed by atoms with E-state index in [1.165, 1.54) is 23.4 Å². The van der Waals surface area contributed by atoms with E-state index in [4.69, 9.17) is 16.3 Å². The Labute approximate surface area is 187 Å². The number of benzene rings is 3. The largest absolute Gasteiger partial charge is 0.497 e. The first-order valence-corrected chi connectivity index (χ1v) is 11.4. The molecule has 8 heteroatoms. The summed E-state index contributed by atoms with van der Waals surface area (Å²) in [5, 5.41) is 3.16. The van der Waals surface area contributed by atoms with Gasteiger partial charge in [0.25, 0.3) is 10.0 Å². The lowest BCUT2D eigenvalue weighted by molar-refractivity contribution is -0.114. The minimum atomic E-state index is -3.94. The third-order valence-corrected chi connectivity index (χ3v) is 6.89. The molecular formula is C23H23ClN2O4S. The number of hydrogen-bond donors (Lipinski definition) is 1. The molecule has 0 saturated carbocycles. The number of ether oxygens (including phenoxy) is 1. The number of nitrogens with zero attached hydrogens (tertiary/aromatic N) is 1. The van der Waals surface area contributed by atoms with Crippen molar-refractivity contribution in [2.45, 2.75) is 24.8 Å². The van der Waals surface area contributed by atoms with E-state index in [-0.39, 0.29) is 10.8 Å². The topological polar surface area (TPSA) is 75.7 Å². The van der Waals surface area contributed by atoms with E-state index in [2.05, 4.69) is 5.32 Å². The van der Waals surface area contributed by atoms with Crippen molar-refractivity contribution >= 4 is 38.9 Å². The van der Waals surface area contributed by atoms with E-state index in [1.807, 2.05) is 6.07 Å². The molecule has 6 nitrogen and oxygen atoms in total. The Morgan fingerprint density at radius 3 is 2.23 bits per heavy atom. The van der Waals surface area contributed by atoms with Crippen LogP contribution in [0.25, 0.3) is 0 Å². The van der Waals surface area contributed by atoms with Gasteiger partial charge in [0.05, 0.1) is 23.7 Å². The van der Waals surface area contributed by atoms with E-state index in [0.717, 1.165) is 5.56 Å². The zero-order valence-electron chi connectivity index (χ0n) is 17.4. The van der Waals surface area contributed by atoms with E-state index in [1.54, 1.807) is 68.6 Å². The SMILES string of the molecule is COc1ccc(N(C(C)c2cccc(Cl)c2)S(=O)(=O)c2ccc(NC(C)=O)cc2)cc1. The Hall–Kier alpha value is -3.03. The average molecular weight is 459 g/mol. The molecule has 1 atom stereocenters. The van der Waals surface area contributed by atoms with Crippen LogP contribution in [0.1, 0.15) is 25.5 Å². The lowest BCUT2D eigenvalue weighted by Crippen LogP contribution is -2.33. The second kappa shape index (κ2) is 9.41. The van der Waals surface area contributed by atoms with Crippen LogP contribution in [0.2, 0.25) is 5.02 Å². The minimum Gasteiger partial charge on any atom is -0.497 e. The maximum absolute atomic E-state index is 13.7. The fourth-order valence-electron chi connectivity index (χ4n) is 3.23. The first-order chi connectivity index (χ1) is 14.7. The number of halogens is 1. The van der Waals surface area contributed by atoms with Gasteiger partial charge in [-0.2, -0.15) is 0 Å². The highest BCUT2D eigenvalue weighted by molar-refractivity contribution is 7.92. The van der Waals surface area contributed by atoms with Gasteiger partial charge in [0, 0.05) is 17.6 Å². The molecule has 0 saturated heterocycles. The maximum atomic E-state index is 13.7. The van der Waals surface area contributed by atoms with Crippen LogP contribution in [0.15, 0.2) is 77.7 Å². The molecule has 162 valence electrons. The Bertz CT molecular complexity index is 1160. The van der Waals surface area contributed by atoms with Crippen LogP contribution in [0, 0.1) is 0 Å². The number of carbonyl (C=O) groups excluding carboxylic acids is 1. The van der Waals surface area contributed by atoms with Gasteiger partial charge in [0.1, 0.15) is 5.75 Å². The molecular weight excluding hydrogens is 436 g/mol. The summed E-state index contributed by atoms with van der Waals surface area (Å²) in [4.78, 5) is 11.4.